The first kappa shape index (κ1) is 18.9. The van der Waals surface area contributed by atoms with Crippen molar-refractivity contribution in [3.63, 3.8) is 0 Å². The van der Waals surface area contributed by atoms with Gasteiger partial charge in [0.1, 0.15) is 11.5 Å². The van der Waals surface area contributed by atoms with Gasteiger partial charge in [-0.15, -0.1) is 0 Å². The molecule has 2 aromatic rings. The standard InChI is InChI=1S/C19H24N4O4/c1-26-15-6-14(7-16(8-15)27-2)22-19(25)11-23-5-3-4-13(10-23)17-9-18(24)21-12-20-17/h6-9,12-13H,3-5,10-11H2,1-2H3,(H,22,25)(H,20,21,24)/t13-/m1/s1. The Labute approximate surface area is 157 Å². The Balaban J connectivity index is 1.61. The molecule has 1 aromatic carbocycles. The molecule has 1 amide bonds. The van der Waals surface area contributed by atoms with E-state index in [1.807, 2.05) is 0 Å². The van der Waals surface area contributed by atoms with Crippen LogP contribution in [0.25, 0.3) is 0 Å². The van der Waals surface area contributed by atoms with Crippen molar-refractivity contribution >= 4 is 11.6 Å². The van der Waals surface area contributed by atoms with Crippen molar-refractivity contribution in [3.05, 3.63) is 46.6 Å². The number of amides is 1. The van der Waals surface area contributed by atoms with Crippen molar-refractivity contribution in [2.24, 2.45) is 0 Å². The normalized spacial score (nSPS) is 17.3. The number of anilines is 1. The Kier molecular flexibility index (Phi) is 6.08. The zero-order chi connectivity index (χ0) is 19.2. The highest BCUT2D eigenvalue weighted by atomic mass is 16.5. The van der Waals surface area contributed by atoms with Gasteiger partial charge in [-0.2, -0.15) is 0 Å². The molecule has 144 valence electrons. The van der Waals surface area contributed by atoms with Crippen LogP contribution in [-0.2, 0) is 4.79 Å². The minimum Gasteiger partial charge on any atom is -0.497 e. The number of piperidine rings is 1. The summed E-state index contributed by atoms with van der Waals surface area (Å²) in [5.74, 6) is 1.28. The second-order valence-corrected chi connectivity index (χ2v) is 6.56. The van der Waals surface area contributed by atoms with E-state index in [2.05, 4.69) is 20.2 Å². The summed E-state index contributed by atoms with van der Waals surface area (Å²) in [5, 5.41) is 2.89. The molecule has 1 aromatic heterocycles. The molecule has 0 spiro atoms. The number of benzene rings is 1. The maximum Gasteiger partial charge on any atom is 0.250 e. The summed E-state index contributed by atoms with van der Waals surface area (Å²) in [6.07, 6.45) is 3.35. The van der Waals surface area contributed by atoms with Gasteiger partial charge in [-0.25, -0.2) is 4.98 Å². The number of ether oxygens (including phenoxy) is 2. The average Bonchev–Trinajstić information content (AvgIpc) is 2.67. The van der Waals surface area contributed by atoms with E-state index in [-0.39, 0.29) is 23.9 Å². The van der Waals surface area contributed by atoms with Gasteiger partial charge >= 0.3 is 0 Å². The molecule has 1 aliphatic heterocycles. The molecule has 1 atom stereocenters. The zero-order valence-corrected chi connectivity index (χ0v) is 15.5. The van der Waals surface area contributed by atoms with Crippen molar-refractivity contribution in [2.45, 2.75) is 18.8 Å². The SMILES string of the molecule is COc1cc(NC(=O)CN2CCC[C@@H](c3cc(=O)[nH]cn3)C2)cc(OC)c1. The fraction of sp³-hybridized carbons (Fsp3) is 0.421. The van der Waals surface area contributed by atoms with Crippen LogP contribution >= 0.6 is 0 Å². The van der Waals surface area contributed by atoms with E-state index in [0.29, 0.717) is 23.7 Å². The quantitative estimate of drug-likeness (QED) is 0.800. The van der Waals surface area contributed by atoms with Crippen LogP contribution in [0.3, 0.4) is 0 Å². The minimum atomic E-state index is -0.151. The number of aromatic amines is 1. The van der Waals surface area contributed by atoms with Crippen molar-refractivity contribution in [3.8, 4) is 11.5 Å². The molecule has 0 bridgehead atoms. The molecule has 0 unspecified atom stereocenters. The molecule has 1 aliphatic rings. The number of likely N-dealkylation sites (tertiary alicyclic amines) is 1. The minimum absolute atomic E-state index is 0.107. The van der Waals surface area contributed by atoms with Gasteiger partial charge in [0.15, 0.2) is 0 Å². The Bertz CT molecular complexity index is 829. The van der Waals surface area contributed by atoms with Gasteiger partial charge in [-0.3, -0.25) is 14.5 Å². The fourth-order valence-corrected chi connectivity index (χ4v) is 3.33. The summed E-state index contributed by atoms with van der Waals surface area (Å²) < 4.78 is 10.4. The lowest BCUT2D eigenvalue weighted by atomic mass is 9.94. The Morgan fingerprint density at radius 1 is 1.26 bits per heavy atom. The maximum atomic E-state index is 12.5. The lowest BCUT2D eigenvalue weighted by Crippen LogP contribution is -2.40. The van der Waals surface area contributed by atoms with Crippen LogP contribution in [0.4, 0.5) is 5.69 Å². The molecule has 0 aliphatic carbocycles. The van der Waals surface area contributed by atoms with Gasteiger partial charge < -0.3 is 19.8 Å². The lowest BCUT2D eigenvalue weighted by molar-refractivity contribution is -0.117. The van der Waals surface area contributed by atoms with Crippen LogP contribution in [0.1, 0.15) is 24.5 Å². The Morgan fingerprint density at radius 3 is 2.67 bits per heavy atom. The molecular weight excluding hydrogens is 348 g/mol. The average molecular weight is 372 g/mol. The number of nitrogens with one attached hydrogen (secondary N) is 2. The summed E-state index contributed by atoms with van der Waals surface area (Å²) in [6.45, 7) is 1.82. The largest absolute Gasteiger partial charge is 0.497 e. The van der Waals surface area contributed by atoms with Crippen LogP contribution in [-0.4, -0.2) is 54.6 Å². The van der Waals surface area contributed by atoms with Crippen molar-refractivity contribution < 1.29 is 14.3 Å². The topological polar surface area (TPSA) is 96.6 Å². The first-order valence-corrected chi connectivity index (χ1v) is 8.87. The van der Waals surface area contributed by atoms with Crippen LogP contribution in [0.15, 0.2) is 35.4 Å². The van der Waals surface area contributed by atoms with Crippen LogP contribution in [0.5, 0.6) is 11.5 Å². The third-order valence-corrected chi connectivity index (χ3v) is 4.63. The van der Waals surface area contributed by atoms with Gasteiger partial charge in [0, 0.05) is 42.4 Å². The van der Waals surface area contributed by atoms with Gasteiger partial charge in [-0.1, -0.05) is 0 Å². The summed E-state index contributed by atoms with van der Waals surface area (Å²) in [5.41, 5.74) is 1.25. The monoisotopic (exact) mass is 372 g/mol. The predicted octanol–water partition coefficient (Wildman–Crippen LogP) is 1.61. The summed E-state index contributed by atoms with van der Waals surface area (Å²) in [7, 11) is 3.13. The molecule has 2 N–H and O–H groups in total. The van der Waals surface area contributed by atoms with E-state index < -0.39 is 0 Å². The van der Waals surface area contributed by atoms with Gasteiger partial charge in [-0.05, 0) is 19.4 Å². The van der Waals surface area contributed by atoms with Crippen molar-refractivity contribution in [1.82, 2.24) is 14.9 Å². The van der Waals surface area contributed by atoms with Gasteiger partial charge in [0.2, 0.25) is 5.91 Å². The molecule has 8 nitrogen and oxygen atoms in total. The first-order chi connectivity index (χ1) is 13.1. The van der Waals surface area contributed by atoms with Gasteiger partial charge in [0.05, 0.1) is 32.8 Å². The third-order valence-electron chi connectivity index (χ3n) is 4.63. The number of aromatic nitrogens is 2. The lowest BCUT2D eigenvalue weighted by Gasteiger charge is -2.31. The number of carbonyl (C=O) groups is 1. The van der Waals surface area contributed by atoms with Crippen molar-refractivity contribution in [2.75, 3.05) is 39.2 Å². The molecule has 27 heavy (non-hydrogen) atoms. The number of hydrogen-bond donors (Lipinski definition) is 2. The Hall–Kier alpha value is -2.87. The molecule has 1 fully saturated rings. The number of nitrogens with zero attached hydrogens (tertiary/aromatic N) is 2. The second kappa shape index (κ2) is 8.68. The van der Waals surface area contributed by atoms with Crippen LogP contribution in [0, 0.1) is 0 Å². The second-order valence-electron chi connectivity index (χ2n) is 6.56. The number of hydrogen-bond acceptors (Lipinski definition) is 6. The van der Waals surface area contributed by atoms with Crippen LogP contribution in [0.2, 0.25) is 0 Å². The molecule has 1 saturated heterocycles. The molecule has 3 rings (SSSR count). The molecule has 0 saturated carbocycles. The maximum absolute atomic E-state index is 12.5. The van der Waals surface area contributed by atoms with E-state index in [0.717, 1.165) is 25.1 Å². The number of carbonyl (C=O) groups excluding carboxylic acids is 1. The number of rotatable bonds is 6. The van der Waals surface area contributed by atoms with E-state index >= 15 is 0 Å². The van der Waals surface area contributed by atoms with E-state index in [1.165, 1.54) is 12.4 Å². The number of H-pyrrole nitrogens is 1. The van der Waals surface area contributed by atoms with E-state index in [1.54, 1.807) is 32.4 Å². The van der Waals surface area contributed by atoms with E-state index in [4.69, 9.17) is 9.47 Å². The number of methoxy groups -OCH3 is 2. The Morgan fingerprint density at radius 2 is 2.00 bits per heavy atom. The highest BCUT2D eigenvalue weighted by Gasteiger charge is 2.24. The summed E-state index contributed by atoms with van der Waals surface area (Å²) in [6, 6.07) is 6.79. The molecule has 2 heterocycles. The molecular formula is C19H24N4O4. The molecule has 8 heteroatoms. The molecule has 0 radical (unpaired) electrons. The smallest absolute Gasteiger partial charge is 0.250 e. The van der Waals surface area contributed by atoms with Gasteiger partial charge in [0.25, 0.3) is 5.56 Å². The zero-order valence-electron chi connectivity index (χ0n) is 15.5. The highest BCUT2D eigenvalue weighted by Crippen LogP contribution is 2.26. The first-order valence-electron chi connectivity index (χ1n) is 8.87. The third kappa shape index (κ3) is 5.07. The van der Waals surface area contributed by atoms with Crippen LogP contribution < -0.4 is 20.3 Å². The predicted molar refractivity (Wildman–Crippen MR) is 101 cm³/mol. The summed E-state index contributed by atoms with van der Waals surface area (Å²) >= 11 is 0. The fourth-order valence-electron chi connectivity index (χ4n) is 3.33. The van der Waals surface area contributed by atoms with Crippen molar-refractivity contribution in [1.29, 1.82) is 0 Å². The highest BCUT2D eigenvalue weighted by molar-refractivity contribution is 5.92. The summed E-state index contributed by atoms with van der Waals surface area (Å²) in [4.78, 5) is 32.9. The van der Waals surface area contributed by atoms with E-state index in [9.17, 15) is 9.59 Å².